The number of hydrogen-bond acceptors (Lipinski definition) is 7. The highest BCUT2D eigenvalue weighted by atomic mass is 32.2. The van der Waals surface area contributed by atoms with Crippen LogP contribution in [0, 0.1) is 0 Å². The van der Waals surface area contributed by atoms with Gasteiger partial charge in [-0.05, 0) is 36.4 Å². The highest BCUT2D eigenvalue weighted by molar-refractivity contribution is 7.89. The Morgan fingerprint density at radius 3 is 2.50 bits per heavy atom. The van der Waals surface area contributed by atoms with Gasteiger partial charge in [0.15, 0.2) is 11.7 Å². The molecule has 10 heteroatoms. The second-order valence-electron chi connectivity index (χ2n) is 7.32. The maximum Gasteiger partial charge on any atom is 0.244 e. The normalized spacial score (nSPS) is 15.0. The van der Waals surface area contributed by atoms with Gasteiger partial charge in [0.1, 0.15) is 10.6 Å². The van der Waals surface area contributed by atoms with Gasteiger partial charge in [0.25, 0.3) is 0 Å². The third-order valence-corrected chi connectivity index (χ3v) is 7.23. The number of pyridine rings is 1. The van der Waals surface area contributed by atoms with Crippen LogP contribution in [0.3, 0.4) is 0 Å². The molecule has 0 bridgehead atoms. The van der Waals surface area contributed by atoms with Gasteiger partial charge in [0, 0.05) is 57.0 Å². The third-order valence-electron chi connectivity index (χ3n) is 5.34. The molecule has 2 aromatic heterocycles. The lowest BCUT2D eigenvalue weighted by Crippen LogP contribution is -2.50. The minimum atomic E-state index is -3.59. The number of rotatable bonds is 7. The summed E-state index contributed by atoms with van der Waals surface area (Å²) in [6.07, 6.45) is 5.14. The van der Waals surface area contributed by atoms with E-state index in [-0.39, 0.29) is 30.3 Å². The molecular formula is C22H24N4O5S. The van der Waals surface area contributed by atoms with Crippen molar-refractivity contribution in [2.45, 2.75) is 17.7 Å². The largest absolute Gasteiger partial charge is 0.497 e. The lowest BCUT2D eigenvalue weighted by Gasteiger charge is -2.34. The summed E-state index contributed by atoms with van der Waals surface area (Å²) >= 11 is 0. The molecule has 1 amide bonds. The van der Waals surface area contributed by atoms with Gasteiger partial charge in [-0.15, -0.1) is 0 Å². The van der Waals surface area contributed by atoms with Crippen LogP contribution < -0.4 is 4.74 Å². The lowest BCUT2D eigenvalue weighted by atomic mass is 10.2. The molecule has 168 valence electrons. The number of amides is 1. The number of nitrogens with zero attached hydrogens (tertiary/aromatic N) is 4. The van der Waals surface area contributed by atoms with Gasteiger partial charge in [-0.2, -0.15) is 4.31 Å². The van der Waals surface area contributed by atoms with Gasteiger partial charge < -0.3 is 14.1 Å². The number of methoxy groups -OCH3 is 1. The van der Waals surface area contributed by atoms with E-state index in [0.29, 0.717) is 31.2 Å². The Kier molecular flexibility index (Phi) is 6.52. The number of benzene rings is 1. The zero-order valence-corrected chi connectivity index (χ0v) is 18.5. The highest BCUT2D eigenvalue weighted by Gasteiger charge is 2.30. The zero-order chi connectivity index (χ0) is 22.6. The number of ether oxygens (including phenoxy) is 1. The van der Waals surface area contributed by atoms with Crippen LogP contribution in [0.4, 0.5) is 0 Å². The number of carbonyl (C=O) groups excluding carboxylic acids is 1. The van der Waals surface area contributed by atoms with Crippen molar-refractivity contribution in [3.63, 3.8) is 0 Å². The molecule has 0 radical (unpaired) electrons. The summed E-state index contributed by atoms with van der Waals surface area (Å²) in [4.78, 5) is 22.6. The molecule has 1 aliphatic rings. The number of carbonyl (C=O) groups is 1. The van der Waals surface area contributed by atoms with E-state index >= 15 is 0 Å². The van der Waals surface area contributed by atoms with Crippen molar-refractivity contribution in [1.29, 1.82) is 0 Å². The summed E-state index contributed by atoms with van der Waals surface area (Å²) in [5.74, 6) is 1.83. The Hall–Kier alpha value is -3.24. The van der Waals surface area contributed by atoms with E-state index in [0.717, 1.165) is 11.3 Å². The van der Waals surface area contributed by atoms with Crippen LogP contribution in [0.2, 0.25) is 0 Å². The van der Waals surface area contributed by atoms with Gasteiger partial charge in [-0.25, -0.2) is 13.4 Å². The Morgan fingerprint density at radius 1 is 1.09 bits per heavy atom. The molecule has 1 fully saturated rings. The fourth-order valence-corrected chi connectivity index (χ4v) is 4.90. The summed E-state index contributed by atoms with van der Waals surface area (Å²) in [5.41, 5.74) is 0.877. The van der Waals surface area contributed by atoms with Gasteiger partial charge in [-0.3, -0.25) is 9.78 Å². The highest BCUT2D eigenvalue weighted by Crippen LogP contribution is 2.24. The first-order chi connectivity index (χ1) is 15.5. The molecule has 0 unspecified atom stereocenters. The minimum absolute atomic E-state index is 0.0485. The summed E-state index contributed by atoms with van der Waals surface area (Å²) in [5, 5.41) is 0. The molecule has 1 aliphatic heterocycles. The van der Waals surface area contributed by atoms with Crippen LogP contribution in [0.25, 0.3) is 11.3 Å². The van der Waals surface area contributed by atoms with Crippen molar-refractivity contribution in [2.75, 3.05) is 33.3 Å². The fraction of sp³-hybridized carbons (Fsp3) is 0.318. The van der Waals surface area contributed by atoms with Crippen molar-refractivity contribution in [3.8, 4) is 17.1 Å². The van der Waals surface area contributed by atoms with Crippen LogP contribution in [-0.4, -0.2) is 66.8 Å². The molecule has 0 saturated carbocycles. The Morgan fingerprint density at radius 2 is 1.84 bits per heavy atom. The van der Waals surface area contributed by atoms with E-state index in [1.54, 1.807) is 24.3 Å². The maximum atomic E-state index is 12.7. The van der Waals surface area contributed by atoms with Crippen LogP contribution >= 0.6 is 0 Å². The Labute approximate surface area is 186 Å². The second kappa shape index (κ2) is 9.49. The molecule has 9 nitrogen and oxygen atoms in total. The second-order valence-corrected chi connectivity index (χ2v) is 9.26. The van der Waals surface area contributed by atoms with E-state index in [1.165, 1.54) is 22.8 Å². The summed E-state index contributed by atoms with van der Waals surface area (Å²) in [6.45, 7) is 1.20. The van der Waals surface area contributed by atoms with Crippen LogP contribution in [-0.2, 0) is 21.2 Å². The van der Waals surface area contributed by atoms with E-state index in [2.05, 4.69) is 9.97 Å². The lowest BCUT2D eigenvalue weighted by molar-refractivity contribution is -0.132. The molecule has 0 spiro atoms. The summed E-state index contributed by atoms with van der Waals surface area (Å²) in [6, 6.07) is 10.6. The summed E-state index contributed by atoms with van der Waals surface area (Å²) < 4.78 is 37.7. The van der Waals surface area contributed by atoms with Gasteiger partial charge >= 0.3 is 0 Å². The topological polar surface area (TPSA) is 106 Å². The average Bonchev–Trinajstić information content (AvgIpc) is 3.32. The fourth-order valence-electron chi connectivity index (χ4n) is 3.51. The molecule has 4 rings (SSSR count). The van der Waals surface area contributed by atoms with Gasteiger partial charge in [0.05, 0.1) is 13.3 Å². The molecule has 0 aliphatic carbocycles. The predicted octanol–water partition coefficient (Wildman–Crippen LogP) is 2.21. The van der Waals surface area contributed by atoms with Crippen molar-refractivity contribution in [3.05, 3.63) is 60.9 Å². The van der Waals surface area contributed by atoms with Crippen LogP contribution in [0.1, 0.15) is 12.3 Å². The van der Waals surface area contributed by atoms with Crippen molar-refractivity contribution in [2.24, 2.45) is 0 Å². The van der Waals surface area contributed by atoms with Gasteiger partial charge in [-0.1, -0.05) is 0 Å². The quantitative estimate of drug-likeness (QED) is 0.537. The monoisotopic (exact) mass is 456 g/mol. The molecule has 32 heavy (non-hydrogen) atoms. The first-order valence-corrected chi connectivity index (χ1v) is 11.7. The predicted molar refractivity (Wildman–Crippen MR) is 116 cm³/mol. The average molecular weight is 457 g/mol. The maximum absolute atomic E-state index is 12.7. The van der Waals surface area contributed by atoms with Crippen molar-refractivity contribution in [1.82, 2.24) is 19.2 Å². The third kappa shape index (κ3) is 4.81. The van der Waals surface area contributed by atoms with E-state index in [4.69, 9.17) is 9.15 Å². The molecular weight excluding hydrogens is 432 g/mol. The SMILES string of the molecule is COc1ccc(-c2cnc(CCC(=O)N3CCN(S(=O)(=O)c4cccnc4)CC3)o2)cc1. The van der Waals surface area contributed by atoms with E-state index < -0.39 is 10.0 Å². The summed E-state index contributed by atoms with van der Waals surface area (Å²) in [7, 11) is -1.99. The molecule has 3 heterocycles. The molecule has 1 saturated heterocycles. The van der Waals surface area contributed by atoms with Gasteiger partial charge in [0.2, 0.25) is 15.9 Å². The molecule has 1 aromatic carbocycles. The minimum Gasteiger partial charge on any atom is -0.497 e. The molecule has 0 atom stereocenters. The number of aromatic nitrogens is 2. The van der Waals surface area contributed by atoms with Crippen LogP contribution in [0.15, 0.2) is 64.3 Å². The smallest absolute Gasteiger partial charge is 0.244 e. The number of oxazole rings is 1. The van der Waals surface area contributed by atoms with Crippen LogP contribution in [0.5, 0.6) is 5.75 Å². The standard InChI is InChI=1S/C22H24N4O5S/c1-30-18-6-4-17(5-7-18)20-16-24-21(31-20)8-9-22(27)25-11-13-26(14-12-25)32(28,29)19-3-2-10-23-15-19/h2-7,10,15-16H,8-9,11-14H2,1H3. The molecule has 0 N–H and O–H groups in total. The van der Waals surface area contributed by atoms with Crippen molar-refractivity contribution < 1.29 is 22.4 Å². The van der Waals surface area contributed by atoms with E-state index in [9.17, 15) is 13.2 Å². The Balaban J connectivity index is 1.29. The number of sulfonamides is 1. The first-order valence-electron chi connectivity index (χ1n) is 10.2. The van der Waals surface area contributed by atoms with E-state index in [1.807, 2.05) is 24.3 Å². The molecule has 3 aromatic rings. The number of aryl methyl sites for hydroxylation is 1. The zero-order valence-electron chi connectivity index (χ0n) is 17.7. The number of piperazine rings is 1. The number of hydrogen-bond donors (Lipinski definition) is 0. The van der Waals surface area contributed by atoms with Crippen molar-refractivity contribution >= 4 is 15.9 Å². The first kappa shape index (κ1) is 22.0. The Bertz CT molecular complexity index is 1150.